The Balaban J connectivity index is 1.19. The first-order valence-corrected chi connectivity index (χ1v) is 15.8. The summed E-state index contributed by atoms with van der Waals surface area (Å²) >= 11 is 0. The number of benzene rings is 1. The van der Waals surface area contributed by atoms with E-state index in [1.807, 2.05) is 30.3 Å². The Morgan fingerprint density at radius 1 is 1.10 bits per heavy atom. The SMILES string of the molecule is Cc1ccc(C(=O)NCc2cc3nc(-c4cccc(N5CCNC(C)(C6CC6)C5)n4)ccc3cn2)cc1S(C)(=O)=O. The van der Waals surface area contributed by atoms with Gasteiger partial charge in [0.1, 0.15) is 5.82 Å². The molecule has 41 heavy (non-hydrogen) atoms. The molecule has 1 aromatic carbocycles. The molecule has 1 aliphatic heterocycles. The number of rotatable bonds is 7. The summed E-state index contributed by atoms with van der Waals surface area (Å²) < 4.78 is 24.1. The fraction of sp³-hybridized carbons (Fsp3) is 0.355. The van der Waals surface area contributed by atoms with Crippen LogP contribution in [0.1, 0.15) is 41.4 Å². The number of pyridine rings is 3. The summed E-state index contributed by atoms with van der Waals surface area (Å²) in [4.78, 5) is 29.7. The molecule has 1 atom stereocenters. The van der Waals surface area contributed by atoms with Crippen molar-refractivity contribution in [2.24, 2.45) is 5.92 Å². The van der Waals surface area contributed by atoms with Crippen molar-refractivity contribution in [3.05, 3.63) is 77.6 Å². The molecule has 0 radical (unpaired) electrons. The van der Waals surface area contributed by atoms with Crippen LogP contribution < -0.4 is 15.5 Å². The van der Waals surface area contributed by atoms with Gasteiger partial charge in [0, 0.05) is 48.6 Å². The molecule has 1 amide bonds. The zero-order valence-electron chi connectivity index (χ0n) is 23.5. The summed E-state index contributed by atoms with van der Waals surface area (Å²) in [5.41, 5.74) is 4.00. The lowest BCUT2D eigenvalue weighted by atomic mass is 9.93. The number of piperazine rings is 1. The third kappa shape index (κ3) is 5.80. The van der Waals surface area contributed by atoms with Crippen LogP contribution in [0.4, 0.5) is 5.82 Å². The van der Waals surface area contributed by atoms with Crippen molar-refractivity contribution >= 4 is 32.5 Å². The average molecular weight is 571 g/mol. The molecule has 4 aromatic rings. The molecule has 4 heterocycles. The molecule has 3 aromatic heterocycles. The number of aromatic nitrogens is 3. The molecule has 1 unspecified atom stereocenters. The van der Waals surface area contributed by atoms with Gasteiger partial charge in [-0.1, -0.05) is 12.1 Å². The van der Waals surface area contributed by atoms with E-state index >= 15 is 0 Å². The first kappa shape index (κ1) is 27.3. The highest BCUT2D eigenvalue weighted by Gasteiger charge is 2.44. The molecule has 2 N–H and O–H groups in total. The van der Waals surface area contributed by atoms with Crippen LogP contribution in [0, 0.1) is 12.8 Å². The number of hydrogen-bond donors (Lipinski definition) is 2. The molecular formula is C31H34N6O3S. The van der Waals surface area contributed by atoms with E-state index in [4.69, 9.17) is 9.97 Å². The van der Waals surface area contributed by atoms with Gasteiger partial charge in [0.15, 0.2) is 9.84 Å². The van der Waals surface area contributed by atoms with Gasteiger partial charge < -0.3 is 15.5 Å². The van der Waals surface area contributed by atoms with Crippen molar-refractivity contribution < 1.29 is 13.2 Å². The number of carbonyl (C=O) groups excluding carboxylic acids is 1. The maximum absolute atomic E-state index is 12.8. The van der Waals surface area contributed by atoms with Crippen molar-refractivity contribution in [1.29, 1.82) is 0 Å². The maximum Gasteiger partial charge on any atom is 0.251 e. The molecule has 6 rings (SSSR count). The van der Waals surface area contributed by atoms with Crippen LogP contribution in [-0.4, -0.2) is 60.7 Å². The van der Waals surface area contributed by atoms with Gasteiger partial charge in [0.2, 0.25) is 0 Å². The van der Waals surface area contributed by atoms with Crippen LogP contribution in [-0.2, 0) is 16.4 Å². The average Bonchev–Trinajstić information content (AvgIpc) is 3.82. The summed E-state index contributed by atoms with van der Waals surface area (Å²) in [6.45, 7) is 7.02. The van der Waals surface area contributed by atoms with Gasteiger partial charge in [-0.15, -0.1) is 0 Å². The topological polar surface area (TPSA) is 117 Å². The maximum atomic E-state index is 12.8. The Morgan fingerprint density at radius 3 is 2.68 bits per heavy atom. The summed E-state index contributed by atoms with van der Waals surface area (Å²) in [6, 6.07) is 16.6. The second-order valence-corrected chi connectivity index (χ2v) is 13.4. The predicted octanol–water partition coefficient (Wildman–Crippen LogP) is 3.91. The van der Waals surface area contributed by atoms with Gasteiger partial charge in [0.25, 0.3) is 5.91 Å². The molecule has 2 fully saturated rings. The highest BCUT2D eigenvalue weighted by Crippen LogP contribution is 2.41. The molecule has 2 aliphatic rings. The standard InChI is InChI=1S/C31H34N6O3S/c1-20-7-8-21(15-28(20)41(3,39)40)30(38)33-18-24-16-27-22(17-32-24)9-12-26(35-27)25-5-4-6-29(36-25)37-14-13-34-31(2,19-37)23-10-11-23/h4-9,12,15-17,23,34H,10-11,13-14,18-19H2,1-3H3,(H,33,38). The first-order valence-electron chi connectivity index (χ1n) is 13.9. The van der Waals surface area contributed by atoms with Crippen LogP contribution in [0.25, 0.3) is 22.3 Å². The molecule has 0 bridgehead atoms. The van der Waals surface area contributed by atoms with Gasteiger partial charge in [-0.05, 0) is 80.6 Å². The van der Waals surface area contributed by atoms with E-state index in [1.54, 1.807) is 25.3 Å². The molecule has 0 spiro atoms. The number of nitrogens with one attached hydrogen (secondary N) is 2. The first-order chi connectivity index (χ1) is 19.6. The van der Waals surface area contributed by atoms with E-state index in [0.29, 0.717) is 11.3 Å². The largest absolute Gasteiger partial charge is 0.353 e. The Morgan fingerprint density at radius 2 is 1.90 bits per heavy atom. The monoisotopic (exact) mass is 570 g/mol. The fourth-order valence-electron chi connectivity index (χ4n) is 5.65. The number of sulfone groups is 1. The van der Waals surface area contributed by atoms with E-state index in [0.717, 1.165) is 59.9 Å². The van der Waals surface area contributed by atoms with Crippen LogP contribution in [0.2, 0.25) is 0 Å². The molecule has 212 valence electrons. The predicted molar refractivity (Wildman–Crippen MR) is 160 cm³/mol. The Bertz CT molecular complexity index is 1750. The normalized spacial score (nSPS) is 19.3. The van der Waals surface area contributed by atoms with E-state index < -0.39 is 9.84 Å². The number of anilines is 1. The molecule has 1 saturated heterocycles. The fourth-order valence-corrected chi connectivity index (χ4v) is 6.64. The molecule has 9 nitrogen and oxygen atoms in total. The number of hydrogen-bond acceptors (Lipinski definition) is 8. The lowest BCUT2D eigenvalue weighted by Crippen LogP contribution is -2.60. The lowest BCUT2D eigenvalue weighted by molar-refractivity contribution is 0.0950. The molecule has 10 heteroatoms. The minimum Gasteiger partial charge on any atom is -0.353 e. The molecule has 1 saturated carbocycles. The van der Waals surface area contributed by atoms with Gasteiger partial charge in [-0.25, -0.2) is 18.4 Å². The minimum absolute atomic E-state index is 0.130. The van der Waals surface area contributed by atoms with Crippen LogP contribution in [0.5, 0.6) is 0 Å². The summed E-state index contributed by atoms with van der Waals surface area (Å²) in [5.74, 6) is 1.33. The zero-order chi connectivity index (χ0) is 28.8. The highest BCUT2D eigenvalue weighted by molar-refractivity contribution is 7.90. The van der Waals surface area contributed by atoms with E-state index in [2.05, 4.69) is 33.5 Å². The summed E-state index contributed by atoms with van der Waals surface area (Å²) in [6.07, 6.45) is 5.47. The second-order valence-electron chi connectivity index (χ2n) is 11.4. The van der Waals surface area contributed by atoms with Crippen LogP contribution >= 0.6 is 0 Å². The van der Waals surface area contributed by atoms with E-state index in [-0.39, 0.29) is 28.4 Å². The van der Waals surface area contributed by atoms with Crippen molar-refractivity contribution in [2.75, 3.05) is 30.8 Å². The van der Waals surface area contributed by atoms with Gasteiger partial charge in [-0.2, -0.15) is 0 Å². The third-order valence-electron chi connectivity index (χ3n) is 8.14. The van der Waals surface area contributed by atoms with Crippen molar-refractivity contribution in [3.8, 4) is 11.4 Å². The highest BCUT2D eigenvalue weighted by atomic mass is 32.2. The smallest absolute Gasteiger partial charge is 0.251 e. The van der Waals surface area contributed by atoms with E-state index in [1.165, 1.54) is 18.9 Å². The molecular weight excluding hydrogens is 536 g/mol. The number of amides is 1. The minimum atomic E-state index is -3.43. The van der Waals surface area contributed by atoms with Crippen molar-refractivity contribution in [3.63, 3.8) is 0 Å². The summed E-state index contributed by atoms with van der Waals surface area (Å²) in [7, 11) is -3.43. The van der Waals surface area contributed by atoms with Crippen molar-refractivity contribution in [2.45, 2.75) is 43.7 Å². The van der Waals surface area contributed by atoms with Gasteiger partial charge in [0.05, 0.1) is 34.0 Å². The van der Waals surface area contributed by atoms with Gasteiger partial charge >= 0.3 is 0 Å². The molecule has 1 aliphatic carbocycles. The number of carbonyl (C=O) groups is 1. The number of nitrogens with zero attached hydrogens (tertiary/aromatic N) is 4. The number of aryl methyl sites for hydroxylation is 1. The zero-order valence-corrected chi connectivity index (χ0v) is 24.3. The quantitative estimate of drug-likeness (QED) is 0.344. The van der Waals surface area contributed by atoms with E-state index in [9.17, 15) is 13.2 Å². The Kier molecular flexibility index (Phi) is 6.99. The van der Waals surface area contributed by atoms with Crippen LogP contribution in [0.3, 0.4) is 0 Å². The van der Waals surface area contributed by atoms with Crippen molar-refractivity contribution in [1.82, 2.24) is 25.6 Å². The van der Waals surface area contributed by atoms with Crippen LogP contribution in [0.15, 0.2) is 65.7 Å². The number of fused-ring (bicyclic) bond motifs is 1. The Labute approximate surface area is 240 Å². The van der Waals surface area contributed by atoms with Gasteiger partial charge in [-0.3, -0.25) is 9.78 Å². The summed E-state index contributed by atoms with van der Waals surface area (Å²) in [5, 5.41) is 7.46. The lowest BCUT2D eigenvalue weighted by Gasteiger charge is -2.42. The second kappa shape index (κ2) is 10.5. The third-order valence-corrected chi connectivity index (χ3v) is 9.38. The Hall–Kier alpha value is -3.89.